The quantitative estimate of drug-likeness (QED) is 0.756. The first-order valence-electron chi connectivity index (χ1n) is 8.49. The zero-order valence-corrected chi connectivity index (χ0v) is 16.6. The van der Waals surface area contributed by atoms with Gasteiger partial charge in [-0.2, -0.15) is 9.78 Å². The van der Waals surface area contributed by atoms with Gasteiger partial charge in [-0.3, -0.25) is 4.79 Å². The maximum Gasteiger partial charge on any atom is 0.291 e. The van der Waals surface area contributed by atoms with Crippen LogP contribution in [0.3, 0.4) is 0 Å². The van der Waals surface area contributed by atoms with Gasteiger partial charge in [0.2, 0.25) is 10.0 Å². The summed E-state index contributed by atoms with van der Waals surface area (Å²) in [6.45, 7) is 0.142. The van der Waals surface area contributed by atoms with E-state index in [1.807, 2.05) is 0 Å². The molecule has 0 atom stereocenters. The number of halogens is 2. The minimum atomic E-state index is -3.68. The molecule has 1 aromatic carbocycles. The smallest absolute Gasteiger partial charge is 0.291 e. The zero-order chi connectivity index (χ0) is 19.6. The standard InChI is InChI=1S/C17H19Cl2N3O4S/c18-15-9-20-22(17(24)16(15)19)13-5-7-14(8-6-13)27(25,26)21-12-3-1-11(10-23)2-4-12/h5-9,11-12,21,23H,1-4,10H2. The maximum absolute atomic E-state index is 12.6. The van der Waals surface area contributed by atoms with Gasteiger partial charge in [0.1, 0.15) is 5.02 Å². The first-order chi connectivity index (χ1) is 12.8. The number of rotatable bonds is 5. The molecule has 3 rings (SSSR count). The molecule has 27 heavy (non-hydrogen) atoms. The van der Waals surface area contributed by atoms with Crippen molar-refractivity contribution >= 4 is 33.2 Å². The number of nitrogens with one attached hydrogen (secondary N) is 1. The van der Waals surface area contributed by atoms with Crippen LogP contribution in [0.15, 0.2) is 40.2 Å². The number of benzene rings is 1. The molecule has 1 aromatic heterocycles. The monoisotopic (exact) mass is 431 g/mol. The molecule has 2 aromatic rings. The normalized spacial score (nSPS) is 20.6. The van der Waals surface area contributed by atoms with Crippen molar-refractivity contribution in [1.29, 1.82) is 0 Å². The van der Waals surface area contributed by atoms with Crippen LogP contribution >= 0.6 is 23.2 Å². The number of hydrogen-bond donors (Lipinski definition) is 2. The average Bonchev–Trinajstić information content (AvgIpc) is 2.67. The molecule has 0 saturated heterocycles. The summed E-state index contributed by atoms with van der Waals surface area (Å²) in [5, 5.41) is 13.0. The van der Waals surface area contributed by atoms with Crippen LogP contribution in [0.2, 0.25) is 10.0 Å². The molecule has 0 spiro atoms. The van der Waals surface area contributed by atoms with E-state index in [0.29, 0.717) is 18.5 Å². The largest absolute Gasteiger partial charge is 0.396 e. The Bertz CT molecular complexity index is 969. The zero-order valence-electron chi connectivity index (χ0n) is 14.3. The molecule has 1 aliphatic carbocycles. The van der Waals surface area contributed by atoms with Crippen LogP contribution in [0.1, 0.15) is 25.7 Å². The Hall–Kier alpha value is -1.45. The van der Waals surface area contributed by atoms with Crippen molar-refractivity contribution in [1.82, 2.24) is 14.5 Å². The molecule has 0 bridgehead atoms. The topological polar surface area (TPSA) is 101 Å². The summed E-state index contributed by atoms with van der Waals surface area (Å²) in [6, 6.07) is 5.64. The second-order valence-electron chi connectivity index (χ2n) is 6.54. The van der Waals surface area contributed by atoms with Crippen LogP contribution in [-0.2, 0) is 10.0 Å². The van der Waals surface area contributed by atoms with E-state index in [9.17, 15) is 18.3 Å². The van der Waals surface area contributed by atoms with Crippen molar-refractivity contribution in [3.63, 3.8) is 0 Å². The van der Waals surface area contributed by atoms with E-state index in [1.54, 1.807) is 0 Å². The van der Waals surface area contributed by atoms with Crippen LogP contribution in [0.5, 0.6) is 0 Å². The van der Waals surface area contributed by atoms with Crippen LogP contribution < -0.4 is 10.3 Å². The second-order valence-corrected chi connectivity index (χ2v) is 9.04. The van der Waals surface area contributed by atoms with E-state index in [0.717, 1.165) is 17.5 Å². The number of hydrogen-bond acceptors (Lipinski definition) is 5. The number of aliphatic hydroxyl groups excluding tert-OH is 1. The van der Waals surface area contributed by atoms with Gasteiger partial charge in [-0.05, 0) is 55.9 Å². The Kier molecular flexibility index (Phi) is 6.22. The van der Waals surface area contributed by atoms with Gasteiger partial charge in [-0.25, -0.2) is 13.1 Å². The van der Waals surface area contributed by atoms with Crippen LogP contribution in [0, 0.1) is 5.92 Å². The summed E-state index contributed by atoms with van der Waals surface area (Å²) in [4.78, 5) is 12.2. The molecule has 7 nitrogen and oxygen atoms in total. The molecule has 146 valence electrons. The van der Waals surface area contributed by atoms with E-state index >= 15 is 0 Å². The van der Waals surface area contributed by atoms with Crippen LogP contribution in [0.25, 0.3) is 5.69 Å². The van der Waals surface area contributed by atoms with Gasteiger partial charge < -0.3 is 5.11 Å². The van der Waals surface area contributed by atoms with Crippen molar-refractivity contribution in [3.8, 4) is 5.69 Å². The first-order valence-corrected chi connectivity index (χ1v) is 10.7. The first kappa shape index (κ1) is 20.3. The summed E-state index contributed by atoms with van der Waals surface area (Å²) >= 11 is 11.6. The number of aliphatic hydroxyl groups is 1. The minimum absolute atomic E-state index is 0.0530. The molecular weight excluding hydrogens is 413 g/mol. The van der Waals surface area contributed by atoms with Gasteiger partial charge in [0.05, 0.1) is 21.8 Å². The Morgan fingerprint density at radius 2 is 1.78 bits per heavy atom. The van der Waals surface area contributed by atoms with Crippen molar-refractivity contribution in [3.05, 3.63) is 50.9 Å². The highest BCUT2D eigenvalue weighted by Gasteiger charge is 2.25. The lowest BCUT2D eigenvalue weighted by atomic mass is 9.87. The van der Waals surface area contributed by atoms with E-state index < -0.39 is 15.6 Å². The highest BCUT2D eigenvalue weighted by Crippen LogP contribution is 2.25. The molecule has 0 radical (unpaired) electrons. The molecule has 1 saturated carbocycles. The van der Waals surface area contributed by atoms with Crippen molar-refractivity contribution in [2.24, 2.45) is 5.92 Å². The molecule has 1 aliphatic rings. The predicted octanol–water partition coefficient (Wildman–Crippen LogP) is 2.37. The third kappa shape index (κ3) is 4.52. The van der Waals surface area contributed by atoms with Gasteiger partial charge in [0.15, 0.2) is 0 Å². The number of nitrogens with zero attached hydrogens (tertiary/aromatic N) is 2. The van der Waals surface area contributed by atoms with Crippen LogP contribution in [0.4, 0.5) is 0 Å². The molecule has 1 fully saturated rings. The maximum atomic E-state index is 12.6. The van der Waals surface area contributed by atoms with Crippen molar-refractivity contribution in [2.45, 2.75) is 36.6 Å². The van der Waals surface area contributed by atoms with Crippen LogP contribution in [-0.4, -0.2) is 36.0 Å². The van der Waals surface area contributed by atoms with Gasteiger partial charge >= 0.3 is 0 Å². The summed E-state index contributed by atoms with van der Waals surface area (Å²) in [5.41, 5.74) is -0.209. The second kappa shape index (κ2) is 8.28. The van der Waals surface area contributed by atoms with E-state index in [4.69, 9.17) is 23.2 Å². The SMILES string of the molecule is O=c1c(Cl)c(Cl)cnn1-c1ccc(S(=O)(=O)NC2CCC(CO)CC2)cc1. The summed E-state index contributed by atoms with van der Waals surface area (Å²) in [6.07, 6.45) is 4.25. The van der Waals surface area contributed by atoms with Crippen molar-refractivity contribution in [2.75, 3.05) is 6.61 Å². The lowest BCUT2D eigenvalue weighted by Gasteiger charge is -2.27. The lowest BCUT2D eigenvalue weighted by molar-refractivity contribution is 0.180. The van der Waals surface area contributed by atoms with E-state index in [2.05, 4.69) is 9.82 Å². The molecule has 10 heteroatoms. The lowest BCUT2D eigenvalue weighted by Crippen LogP contribution is -2.38. The molecule has 0 unspecified atom stereocenters. The van der Waals surface area contributed by atoms with Gasteiger partial charge in [0.25, 0.3) is 5.56 Å². The fraction of sp³-hybridized carbons (Fsp3) is 0.412. The highest BCUT2D eigenvalue weighted by atomic mass is 35.5. The Morgan fingerprint density at radius 1 is 1.15 bits per heavy atom. The molecule has 1 heterocycles. The Balaban J connectivity index is 1.77. The fourth-order valence-electron chi connectivity index (χ4n) is 3.11. The average molecular weight is 432 g/mol. The summed E-state index contributed by atoms with van der Waals surface area (Å²) in [7, 11) is -3.68. The number of sulfonamides is 1. The Morgan fingerprint density at radius 3 is 2.37 bits per heavy atom. The third-order valence-electron chi connectivity index (χ3n) is 4.69. The molecule has 0 aliphatic heterocycles. The van der Waals surface area contributed by atoms with Gasteiger partial charge in [-0.1, -0.05) is 23.2 Å². The molecule has 2 N–H and O–H groups in total. The van der Waals surface area contributed by atoms with Crippen molar-refractivity contribution < 1.29 is 13.5 Å². The summed E-state index contributed by atoms with van der Waals surface area (Å²) in [5.74, 6) is 0.252. The third-order valence-corrected chi connectivity index (χ3v) is 6.98. The predicted molar refractivity (Wildman–Crippen MR) is 103 cm³/mol. The Labute approximate surface area is 167 Å². The summed E-state index contributed by atoms with van der Waals surface area (Å²) < 4.78 is 28.9. The van der Waals surface area contributed by atoms with E-state index in [1.165, 1.54) is 30.5 Å². The molecular formula is C17H19Cl2N3O4S. The van der Waals surface area contributed by atoms with Gasteiger partial charge in [-0.15, -0.1) is 0 Å². The van der Waals surface area contributed by atoms with E-state index in [-0.39, 0.29) is 33.5 Å². The van der Waals surface area contributed by atoms with Gasteiger partial charge in [0, 0.05) is 12.6 Å². The minimum Gasteiger partial charge on any atom is -0.396 e. The fourth-order valence-corrected chi connectivity index (χ4v) is 4.67. The highest BCUT2D eigenvalue weighted by molar-refractivity contribution is 7.89. The molecule has 0 amide bonds. The number of aromatic nitrogens is 2.